The molecule has 3 rings (SSSR count). The van der Waals surface area contributed by atoms with Crippen molar-refractivity contribution in [1.29, 1.82) is 0 Å². The van der Waals surface area contributed by atoms with E-state index in [0.29, 0.717) is 18.1 Å². The molecule has 3 aliphatic rings. The Morgan fingerprint density at radius 3 is 2.62 bits per heavy atom. The number of hydrogen-bond donors (Lipinski definition) is 2. The molecule has 2 aliphatic carbocycles. The molecule has 0 amide bonds. The van der Waals surface area contributed by atoms with Crippen LogP contribution in [0.15, 0.2) is 0 Å². The molecule has 2 saturated carbocycles. The second-order valence-electron chi connectivity index (χ2n) is 9.45. The molecule has 4 nitrogen and oxygen atoms in total. The van der Waals surface area contributed by atoms with E-state index in [2.05, 4.69) is 20.8 Å². The SMILES string of the molecule is C[C@@]1(CCC[C@H]2C(=O)CC[C@H]3C[C@@](C)([C@H](O)CO)CC[C@@]32C)CO1. The Morgan fingerprint density at radius 1 is 1.29 bits per heavy atom. The van der Waals surface area contributed by atoms with Gasteiger partial charge in [-0.05, 0) is 68.6 Å². The van der Waals surface area contributed by atoms with Gasteiger partial charge in [0, 0.05) is 12.3 Å². The third-order valence-corrected chi connectivity index (χ3v) is 7.62. The van der Waals surface area contributed by atoms with Crippen molar-refractivity contribution in [3.05, 3.63) is 0 Å². The molecule has 2 N–H and O–H groups in total. The van der Waals surface area contributed by atoms with Crippen molar-refractivity contribution < 1.29 is 19.7 Å². The fraction of sp³-hybridized carbons (Fsp3) is 0.950. The first-order chi connectivity index (χ1) is 11.2. The van der Waals surface area contributed by atoms with Gasteiger partial charge in [0.2, 0.25) is 0 Å². The maximum absolute atomic E-state index is 12.7. The van der Waals surface area contributed by atoms with Gasteiger partial charge >= 0.3 is 0 Å². The van der Waals surface area contributed by atoms with Crippen LogP contribution in [-0.4, -0.2) is 40.9 Å². The highest BCUT2D eigenvalue weighted by Gasteiger charge is 2.54. The number of hydrogen-bond acceptors (Lipinski definition) is 4. The van der Waals surface area contributed by atoms with Gasteiger partial charge in [0.25, 0.3) is 0 Å². The summed E-state index contributed by atoms with van der Waals surface area (Å²) in [7, 11) is 0. The minimum Gasteiger partial charge on any atom is -0.394 e. The average Bonchev–Trinajstić information content (AvgIpc) is 3.28. The van der Waals surface area contributed by atoms with Crippen LogP contribution in [0.2, 0.25) is 0 Å². The molecular formula is C20H34O4. The summed E-state index contributed by atoms with van der Waals surface area (Å²) in [6, 6.07) is 0. The largest absolute Gasteiger partial charge is 0.394 e. The van der Waals surface area contributed by atoms with Gasteiger partial charge in [-0.25, -0.2) is 0 Å². The summed E-state index contributed by atoms with van der Waals surface area (Å²) in [5, 5.41) is 19.6. The van der Waals surface area contributed by atoms with Crippen molar-refractivity contribution in [2.75, 3.05) is 13.2 Å². The summed E-state index contributed by atoms with van der Waals surface area (Å²) in [6.07, 6.45) is 6.88. The van der Waals surface area contributed by atoms with Crippen molar-refractivity contribution >= 4 is 5.78 Å². The van der Waals surface area contributed by atoms with Gasteiger partial charge in [-0.3, -0.25) is 4.79 Å². The zero-order valence-electron chi connectivity index (χ0n) is 15.5. The summed E-state index contributed by atoms with van der Waals surface area (Å²) in [5.74, 6) is 1.09. The smallest absolute Gasteiger partial charge is 0.136 e. The first-order valence-electron chi connectivity index (χ1n) is 9.68. The Labute approximate surface area is 146 Å². The van der Waals surface area contributed by atoms with Crippen LogP contribution >= 0.6 is 0 Å². The molecule has 0 radical (unpaired) electrons. The van der Waals surface area contributed by atoms with E-state index in [-0.39, 0.29) is 29.0 Å². The highest BCUT2D eigenvalue weighted by Crippen LogP contribution is 2.58. The molecule has 6 atom stereocenters. The highest BCUT2D eigenvalue weighted by atomic mass is 16.6. The quantitative estimate of drug-likeness (QED) is 0.730. The van der Waals surface area contributed by atoms with Crippen LogP contribution in [0.4, 0.5) is 0 Å². The molecular weight excluding hydrogens is 304 g/mol. The summed E-state index contributed by atoms with van der Waals surface area (Å²) in [4.78, 5) is 12.7. The van der Waals surface area contributed by atoms with E-state index in [0.717, 1.165) is 51.6 Å². The van der Waals surface area contributed by atoms with E-state index >= 15 is 0 Å². The maximum atomic E-state index is 12.7. The van der Waals surface area contributed by atoms with Crippen molar-refractivity contribution in [2.24, 2.45) is 22.7 Å². The molecule has 1 aliphatic heterocycles. The second-order valence-corrected chi connectivity index (χ2v) is 9.45. The molecule has 24 heavy (non-hydrogen) atoms. The lowest BCUT2D eigenvalue weighted by Crippen LogP contribution is -2.52. The van der Waals surface area contributed by atoms with Crippen molar-refractivity contribution in [3.63, 3.8) is 0 Å². The first-order valence-corrected chi connectivity index (χ1v) is 9.68. The molecule has 138 valence electrons. The van der Waals surface area contributed by atoms with Crippen molar-refractivity contribution in [3.8, 4) is 0 Å². The number of ether oxygens (including phenoxy) is 1. The number of carbonyl (C=O) groups is 1. The lowest BCUT2D eigenvalue weighted by molar-refractivity contribution is -0.144. The van der Waals surface area contributed by atoms with Crippen LogP contribution in [-0.2, 0) is 9.53 Å². The summed E-state index contributed by atoms with van der Waals surface area (Å²) in [5.41, 5.74) is -0.0665. The Bertz CT molecular complexity index is 486. The molecule has 0 unspecified atom stereocenters. The van der Waals surface area contributed by atoms with E-state index in [9.17, 15) is 15.0 Å². The van der Waals surface area contributed by atoms with Crippen LogP contribution < -0.4 is 0 Å². The van der Waals surface area contributed by atoms with Gasteiger partial charge < -0.3 is 14.9 Å². The van der Waals surface area contributed by atoms with Gasteiger partial charge in [0.1, 0.15) is 5.78 Å². The lowest BCUT2D eigenvalue weighted by Gasteiger charge is -2.55. The molecule has 0 aromatic rings. The van der Waals surface area contributed by atoms with Crippen LogP contribution in [0, 0.1) is 22.7 Å². The van der Waals surface area contributed by atoms with Gasteiger partial charge in [-0.1, -0.05) is 13.8 Å². The van der Waals surface area contributed by atoms with Gasteiger partial charge in [0.15, 0.2) is 0 Å². The van der Waals surface area contributed by atoms with E-state index in [1.165, 1.54) is 0 Å². The Hall–Kier alpha value is -0.450. The number of ketones is 1. The fourth-order valence-corrected chi connectivity index (χ4v) is 5.37. The molecule has 0 aromatic heterocycles. The van der Waals surface area contributed by atoms with E-state index < -0.39 is 6.10 Å². The van der Waals surface area contributed by atoms with Crippen LogP contribution in [0.25, 0.3) is 0 Å². The predicted octanol–water partition coefficient (Wildman–Crippen LogP) is 3.09. The molecule has 3 fully saturated rings. The summed E-state index contributed by atoms with van der Waals surface area (Å²) >= 11 is 0. The maximum Gasteiger partial charge on any atom is 0.136 e. The molecule has 0 aromatic carbocycles. The second kappa shape index (κ2) is 6.37. The monoisotopic (exact) mass is 338 g/mol. The summed E-state index contributed by atoms with van der Waals surface area (Å²) in [6.45, 7) is 7.26. The normalized spacial score (nSPS) is 46.5. The average molecular weight is 338 g/mol. The number of aliphatic hydroxyl groups is 2. The Balaban J connectivity index is 1.68. The highest BCUT2D eigenvalue weighted by molar-refractivity contribution is 5.82. The number of carbonyl (C=O) groups excluding carboxylic acids is 1. The van der Waals surface area contributed by atoms with E-state index in [1.54, 1.807) is 0 Å². The Morgan fingerprint density at radius 2 is 2.00 bits per heavy atom. The third kappa shape index (κ3) is 3.30. The number of Topliss-reactive ketones (excluding diaryl/α,β-unsaturated/α-hetero) is 1. The summed E-state index contributed by atoms with van der Waals surface area (Å²) < 4.78 is 5.47. The van der Waals surface area contributed by atoms with Crippen LogP contribution in [0.3, 0.4) is 0 Å². The molecule has 1 heterocycles. The zero-order chi connectivity index (χ0) is 17.6. The minimum atomic E-state index is -0.648. The molecule has 4 heteroatoms. The Kier molecular flexibility index (Phi) is 4.87. The van der Waals surface area contributed by atoms with Crippen molar-refractivity contribution in [1.82, 2.24) is 0 Å². The number of fused-ring (bicyclic) bond motifs is 1. The van der Waals surface area contributed by atoms with Gasteiger partial charge in [-0.2, -0.15) is 0 Å². The first kappa shape index (κ1) is 18.3. The lowest BCUT2D eigenvalue weighted by atomic mass is 9.49. The predicted molar refractivity (Wildman–Crippen MR) is 92.6 cm³/mol. The topological polar surface area (TPSA) is 70.1 Å². The zero-order valence-corrected chi connectivity index (χ0v) is 15.5. The van der Waals surface area contributed by atoms with Gasteiger partial charge in [0.05, 0.1) is 24.9 Å². The standard InChI is InChI=1S/C20H34O4/c1-18(17(23)12-21)9-10-20(3)14(11-18)6-7-16(22)15(20)5-4-8-19(2)13-24-19/h14-15,17,21,23H,4-13H2,1-3H3/t14-,15-,17+,18-,19+,20-/m0/s1. The number of aliphatic hydroxyl groups excluding tert-OH is 2. The third-order valence-electron chi connectivity index (χ3n) is 7.62. The number of rotatable bonds is 6. The van der Waals surface area contributed by atoms with E-state index in [4.69, 9.17) is 4.74 Å². The number of epoxide rings is 1. The minimum absolute atomic E-state index is 0.0648. The van der Waals surface area contributed by atoms with Crippen LogP contribution in [0.5, 0.6) is 0 Å². The molecule has 0 spiro atoms. The fourth-order valence-electron chi connectivity index (χ4n) is 5.37. The van der Waals surface area contributed by atoms with Gasteiger partial charge in [-0.15, -0.1) is 0 Å². The molecule has 0 bridgehead atoms. The van der Waals surface area contributed by atoms with E-state index in [1.807, 2.05) is 0 Å². The molecule has 1 saturated heterocycles. The van der Waals surface area contributed by atoms with Crippen molar-refractivity contribution in [2.45, 2.75) is 83.8 Å². The van der Waals surface area contributed by atoms with Crippen LogP contribution in [0.1, 0.15) is 72.1 Å².